The fourth-order valence-electron chi connectivity index (χ4n) is 2.37. The Bertz CT molecular complexity index is 482. The van der Waals surface area contributed by atoms with E-state index in [9.17, 15) is 4.79 Å². The summed E-state index contributed by atoms with van der Waals surface area (Å²) in [7, 11) is 1.59. The van der Waals surface area contributed by atoms with Crippen LogP contribution in [0.15, 0.2) is 18.2 Å². The number of ether oxygens (including phenoxy) is 2. The van der Waals surface area contributed by atoms with Gasteiger partial charge in [0.15, 0.2) is 0 Å². The van der Waals surface area contributed by atoms with Crippen molar-refractivity contribution in [2.75, 3.05) is 20.2 Å². The van der Waals surface area contributed by atoms with Crippen LogP contribution in [0.3, 0.4) is 0 Å². The normalized spacial score (nSPS) is 22.6. The maximum absolute atomic E-state index is 12.3. The summed E-state index contributed by atoms with van der Waals surface area (Å²) in [5, 5.41) is 3.24. The van der Waals surface area contributed by atoms with Gasteiger partial charge in [0.05, 0.1) is 13.0 Å². The Morgan fingerprint density at radius 1 is 1.35 bits per heavy atom. The lowest BCUT2D eigenvalue weighted by Gasteiger charge is -2.24. The van der Waals surface area contributed by atoms with Crippen molar-refractivity contribution in [2.45, 2.75) is 32.3 Å². The summed E-state index contributed by atoms with van der Waals surface area (Å²) in [4.78, 5) is 16.7. The molecule has 20 heavy (non-hydrogen) atoms. The minimum atomic E-state index is -0.466. The fraction of sp³-hybridized carbons (Fsp3) is 0.600. The van der Waals surface area contributed by atoms with Crippen LogP contribution in [0.5, 0.6) is 5.88 Å². The second kappa shape index (κ2) is 5.79. The third kappa shape index (κ3) is 3.48. The van der Waals surface area contributed by atoms with E-state index in [1.807, 2.05) is 32.9 Å². The quantitative estimate of drug-likeness (QED) is 0.853. The Morgan fingerprint density at radius 2 is 2.10 bits per heavy atom. The lowest BCUT2D eigenvalue weighted by atomic mass is 9.92. The molecule has 1 aromatic rings. The second-order valence-corrected chi connectivity index (χ2v) is 6.01. The van der Waals surface area contributed by atoms with E-state index in [4.69, 9.17) is 9.47 Å². The summed E-state index contributed by atoms with van der Waals surface area (Å²) >= 11 is 0. The topological polar surface area (TPSA) is 60.5 Å². The number of aromatic nitrogens is 1. The first-order valence-corrected chi connectivity index (χ1v) is 6.85. The zero-order chi connectivity index (χ0) is 14.8. The Kier molecular flexibility index (Phi) is 4.28. The van der Waals surface area contributed by atoms with E-state index < -0.39 is 5.60 Å². The van der Waals surface area contributed by atoms with Gasteiger partial charge in [0, 0.05) is 30.8 Å². The smallest absolute Gasteiger partial charge is 0.311 e. The lowest BCUT2D eigenvalue weighted by molar-refractivity contribution is -0.159. The molecule has 0 radical (unpaired) electrons. The molecule has 1 saturated heterocycles. The van der Waals surface area contributed by atoms with Gasteiger partial charge in [-0.15, -0.1) is 0 Å². The van der Waals surface area contributed by atoms with Gasteiger partial charge in [0.25, 0.3) is 0 Å². The van der Waals surface area contributed by atoms with Crippen LogP contribution in [0.1, 0.15) is 32.4 Å². The van der Waals surface area contributed by atoms with Gasteiger partial charge in [-0.2, -0.15) is 0 Å². The van der Waals surface area contributed by atoms with E-state index in [0.29, 0.717) is 12.4 Å². The molecule has 1 aliphatic heterocycles. The van der Waals surface area contributed by atoms with Gasteiger partial charge in [0.2, 0.25) is 5.88 Å². The van der Waals surface area contributed by atoms with Gasteiger partial charge in [-0.3, -0.25) is 4.79 Å². The minimum Gasteiger partial charge on any atom is -0.481 e. The number of carbonyl (C=O) groups is 1. The van der Waals surface area contributed by atoms with Gasteiger partial charge in [-0.05, 0) is 26.8 Å². The average molecular weight is 278 g/mol. The van der Waals surface area contributed by atoms with E-state index in [0.717, 1.165) is 12.2 Å². The minimum absolute atomic E-state index is 0.0277. The van der Waals surface area contributed by atoms with Crippen LogP contribution >= 0.6 is 0 Å². The summed E-state index contributed by atoms with van der Waals surface area (Å²) in [6.07, 6.45) is 0. The van der Waals surface area contributed by atoms with Crippen molar-refractivity contribution in [1.82, 2.24) is 10.3 Å². The standard InChI is InChI=1S/C15H22N2O3/c1-15(2,3)20-14(18)11-9-16-8-10(11)12-6-5-7-13(17-12)19-4/h5-7,10-11,16H,8-9H2,1-4H3. The van der Waals surface area contributed by atoms with E-state index in [2.05, 4.69) is 10.3 Å². The molecule has 0 spiro atoms. The van der Waals surface area contributed by atoms with E-state index >= 15 is 0 Å². The van der Waals surface area contributed by atoms with Gasteiger partial charge < -0.3 is 14.8 Å². The molecule has 5 heteroatoms. The molecule has 2 unspecified atom stereocenters. The highest BCUT2D eigenvalue weighted by Gasteiger charge is 2.37. The SMILES string of the molecule is COc1cccc(C2CNCC2C(=O)OC(C)(C)C)n1. The molecule has 2 rings (SSSR count). The highest BCUT2D eigenvalue weighted by atomic mass is 16.6. The number of pyridine rings is 1. The van der Waals surface area contributed by atoms with Gasteiger partial charge in [-0.1, -0.05) is 6.07 Å². The molecule has 0 saturated carbocycles. The third-order valence-corrected chi connectivity index (χ3v) is 3.26. The van der Waals surface area contributed by atoms with Gasteiger partial charge in [-0.25, -0.2) is 4.98 Å². The molecular formula is C15H22N2O3. The van der Waals surface area contributed by atoms with Crippen molar-refractivity contribution in [1.29, 1.82) is 0 Å². The Labute approximate surface area is 119 Å². The second-order valence-electron chi connectivity index (χ2n) is 6.01. The lowest BCUT2D eigenvalue weighted by Crippen LogP contribution is -2.32. The molecule has 0 aromatic carbocycles. The van der Waals surface area contributed by atoms with Gasteiger partial charge in [0.1, 0.15) is 5.60 Å². The maximum atomic E-state index is 12.3. The van der Waals surface area contributed by atoms with Crippen molar-refractivity contribution in [3.63, 3.8) is 0 Å². The van der Waals surface area contributed by atoms with Crippen molar-refractivity contribution in [3.05, 3.63) is 23.9 Å². The molecule has 1 aromatic heterocycles. The zero-order valence-electron chi connectivity index (χ0n) is 12.5. The van der Waals surface area contributed by atoms with Crippen LogP contribution in [0.4, 0.5) is 0 Å². The van der Waals surface area contributed by atoms with Gasteiger partial charge >= 0.3 is 5.97 Å². The monoisotopic (exact) mass is 278 g/mol. The fourth-order valence-corrected chi connectivity index (χ4v) is 2.37. The van der Waals surface area contributed by atoms with E-state index in [1.165, 1.54) is 0 Å². The Morgan fingerprint density at radius 3 is 2.75 bits per heavy atom. The van der Waals surface area contributed by atoms with Crippen LogP contribution in [0.2, 0.25) is 0 Å². The highest BCUT2D eigenvalue weighted by Crippen LogP contribution is 2.30. The first kappa shape index (κ1) is 14.8. The van der Waals surface area contributed by atoms with Crippen molar-refractivity contribution in [3.8, 4) is 5.88 Å². The van der Waals surface area contributed by atoms with Crippen molar-refractivity contribution < 1.29 is 14.3 Å². The molecule has 0 aliphatic carbocycles. The number of esters is 1. The molecule has 2 atom stereocenters. The number of rotatable bonds is 3. The number of hydrogen-bond donors (Lipinski definition) is 1. The predicted molar refractivity (Wildman–Crippen MR) is 75.7 cm³/mol. The number of carbonyl (C=O) groups excluding carboxylic acids is 1. The predicted octanol–water partition coefficient (Wildman–Crippen LogP) is 1.73. The first-order chi connectivity index (χ1) is 9.40. The van der Waals surface area contributed by atoms with Crippen LogP contribution < -0.4 is 10.1 Å². The third-order valence-electron chi connectivity index (χ3n) is 3.26. The summed E-state index contributed by atoms with van der Waals surface area (Å²) in [6, 6.07) is 5.62. The first-order valence-electron chi connectivity index (χ1n) is 6.85. The highest BCUT2D eigenvalue weighted by molar-refractivity contribution is 5.75. The maximum Gasteiger partial charge on any atom is 0.311 e. The summed E-state index contributed by atoms with van der Waals surface area (Å²) < 4.78 is 10.6. The molecule has 0 amide bonds. The number of methoxy groups -OCH3 is 1. The largest absolute Gasteiger partial charge is 0.481 e. The zero-order valence-corrected chi connectivity index (χ0v) is 12.5. The molecule has 110 valence electrons. The Hall–Kier alpha value is -1.62. The molecular weight excluding hydrogens is 256 g/mol. The van der Waals surface area contributed by atoms with E-state index in [1.54, 1.807) is 13.2 Å². The number of nitrogens with zero attached hydrogens (tertiary/aromatic N) is 1. The summed E-state index contributed by atoms with van der Waals surface area (Å²) in [5.74, 6) is 0.225. The van der Waals surface area contributed by atoms with Crippen molar-refractivity contribution in [2.24, 2.45) is 5.92 Å². The van der Waals surface area contributed by atoms with Crippen LogP contribution in [0, 0.1) is 5.92 Å². The summed E-state index contributed by atoms with van der Waals surface area (Å²) in [5.41, 5.74) is 0.400. The average Bonchev–Trinajstić information content (AvgIpc) is 2.86. The van der Waals surface area contributed by atoms with Crippen LogP contribution in [-0.2, 0) is 9.53 Å². The van der Waals surface area contributed by atoms with Crippen LogP contribution in [0.25, 0.3) is 0 Å². The molecule has 1 N–H and O–H groups in total. The number of hydrogen-bond acceptors (Lipinski definition) is 5. The van der Waals surface area contributed by atoms with E-state index in [-0.39, 0.29) is 17.8 Å². The summed E-state index contributed by atoms with van der Waals surface area (Å²) in [6.45, 7) is 6.99. The molecule has 1 aliphatic rings. The van der Waals surface area contributed by atoms with Crippen LogP contribution in [-0.4, -0.2) is 36.8 Å². The molecule has 5 nitrogen and oxygen atoms in total. The molecule has 1 fully saturated rings. The number of nitrogens with one attached hydrogen (secondary N) is 1. The Balaban J connectivity index is 2.16. The molecule has 2 heterocycles. The molecule has 0 bridgehead atoms. The van der Waals surface area contributed by atoms with Crippen molar-refractivity contribution >= 4 is 5.97 Å².